The predicted octanol–water partition coefficient (Wildman–Crippen LogP) is 0.385. The van der Waals surface area contributed by atoms with E-state index in [0.29, 0.717) is 13.2 Å². The summed E-state index contributed by atoms with van der Waals surface area (Å²) in [5, 5.41) is 6.06. The normalized spacial score (nSPS) is 12.5. The van der Waals surface area contributed by atoms with Crippen LogP contribution in [0.25, 0.3) is 0 Å². The average Bonchev–Trinajstić information content (AvgIpc) is 2.17. The van der Waals surface area contributed by atoms with Crippen LogP contribution in [0.15, 0.2) is 0 Å². The SMILES string of the molecule is CCCNCCNC(=O)C(C)COC. The third kappa shape index (κ3) is 6.86. The molecule has 4 nitrogen and oxygen atoms in total. The Balaban J connectivity index is 3.34. The molecule has 0 heterocycles. The van der Waals surface area contributed by atoms with Gasteiger partial charge in [-0.05, 0) is 13.0 Å². The molecule has 2 N–H and O–H groups in total. The van der Waals surface area contributed by atoms with Gasteiger partial charge in [0.1, 0.15) is 0 Å². The summed E-state index contributed by atoms with van der Waals surface area (Å²) in [6.45, 7) is 6.98. The highest BCUT2D eigenvalue weighted by Gasteiger charge is 2.10. The molecule has 0 saturated heterocycles. The quantitative estimate of drug-likeness (QED) is 0.560. The number of hydrogen-bond donors (Lipinski definition) is 2. The Morgan fingerprint density at radius 3 is 2.64 bits per heavy atom. The number of amides is 1. The topological polar surface area (TPSA) is 50.4 Å². The molecular formula is C10H22N2O2. The summed E-state index contributed by atoms with van der Waals surface area (Å²) in [5.74, 6) is -0.00340. The highest BCUT2D eigenvalue weighted by Crippen LogP contribution is 1.93. The maximum absolute atomic E-state index is 11.3. The molecule has 14 heavy (non-hydrogen) atoms. The van der Waals surface area contributed by atoms with Crippen LogP contribution >= 0.6 is 0 Å². The lowest BCUT2D eigenvalue weighted by atomic mass is 10.2. The Morgan fingerprint density at radius 1 is 1.36 bits per heavy atom. The second-order valence-electron chi connectivity index (χ2n) is 3.40. The molecule has 0 rings (SSSR count). The van der Waals surface area contributed by atoms with E-state index in [4.69, 9.17) is 4.74 Å². The molecule has 1 unspecified atom stereocenters. The van der Waals surface area contributed by atoms with Gasteiger partial charge in [-0.2, -0.15) is 0 Å². The maximum Gasteiger partial charge on any atom is 0.225 e. The summed E-state index contributed by atoms with van der Waals surface area (Å²) in [7, 11) is 1.60. The van der Waals surface area contributed by atoms with E-state index in [0.717, 1.165) is 19.5 Å². The van der Waals surface area contributed by atoms with Crippen LogP contribution in [0.3, 0.4) is 0 Å². The second kappa shape index (κ2) is 8.97. The number of hydrogen-bond acceptors (Lipinski definition) is 3. The molecule has 84 valence electrons. The summed E-state index contributed by atoms with van der Waals surface area (Å²) < 4.78 is 4.89. The average molecular weight is 202 g/mol. The van der Waals surface area contributed by atoms with E-state index in [-0.39, 0.29) is 11.8 Å². The maximum atomic E-state index is 11.3. The smallest absolute Gasteiger partial charge is 0.225 e. The molecule has 0 spiro atoms. The summed E-state index contributed by atoms with van der Waals surface area (Å²) in [4.78, 5) is 11.3. The molecule has 0 aromatic carbocycles. The Morgan fingerprint density at radius 2 is 2.07 bits per heavy atom. The zero-order valence-corrected chi connectivity index (χ0v) is 9.43. The molecule has 0 aliphatic heterocycles. The van der Waals surface area contributed by atoms with Crippen molar-refractivity contribution in [1.82, 2.24) is 10.6 Å². The third-order valence-corrected chi connectivity index (χ3v) is 1.89. The highest BCUT2D eigenvalue weighted by atomic mass is 16.5. The van der Waals surface area contributed by atoms with E-state index in [9.17, 15) is 4.79 Å². The molecule has 4 heteroatoms. The van der Waals surface area contributed by atoms with Gasteiger partial charge in [0.2, 0.25) is 5.91 Å². The highest BCUT2D eigenvalue weighted by molar-refractivity contribution is 5.78. The van der Waals surface area contributed by atoms with Crippen LogP contribution in [-0.2, 0) is 9.53 Å². The van der Waals surface area contributed by atoms with Crippen molar-refractivity contribution in [2.75, 3.05) is 33.4 Å². The van der Waals surface area contributed by atoms with Gasteiger partial charge >= 0.3 is 0 Å². The first-order chi connectivity index (χ1) is 6.72. The van der Waals surface area contributed by atoms with E-state index < -0.39 is 0 Å². The Labute approximate surface area is 86.4 Å². The van der Waals surface area contributed by atoms with E-state index >= 15 is 0 Å². The van der Waals surface area contributed by atoms with Crippen molar-refractivity contribution in [3.63, 3.8) is 0 Å². The predicted molar refractivity (Wildman–Crippen MR) is 57.2 cm³/mol. The van der Waals surface area contributed by atoms with E-state index in [1.54, 1.807) is 7.11 Å². The number of methoxy groups -OCH3 is 1. The van der Waals surface area contributed by atoms with Crippen molar-refractivity contribution in [2.24, 2.45) is 5.92 Å². The minimum atomic E-state index is -0.0637. The van der Waals surface area contributed by atoms with Crippen LogP contribution in [0.4, 0.5) is 0 Å². The lowest BCUT2D eigenvalue weighted by Crippen LogP contribution is -2.36. The van der Waals surface area contributed by atoms with E-state index in [2.05, 4.69) is 17.6 Å². The van der Waals surface area contributed by atoms with E-state index in [1.165, 1.54) is 0 Å². The molecule has 0 aromatic rings. The van der Waals surface area contributed by atoms with Crippen molar-refractivity contribution < 1.29 is 9.53 Å². The molecule has 1 atom stereocenters. The second-order valence-corrected chi connectivity index (χ2v) is 3.40. The van der Waals surface area contributed by atoms with Gasteiger partial charge in [0, 0.05) is 20.2 Å². The molecule has 0 aliphatic carbocycles. The zero-order valence-electron chi connectivity index (χ0n) is 9.43. The molecule has 0 aromatic heterocycles. The molecule has 0 aliphatic rings. The van der Waals surface area contributed by atoms with Crippen molar-refractivity contribution >= 4 is 5.91 Å². The zero-order chi connectivity index (χ0) is 10.8. The number of carbonyl (C=O) groups is 1. The van der Waals surface area contributed by atoms with Gasteiger partial charge in [0.05, 0.1) is 12.5 Å². The number of ether oxygens (including phenoxy) is 1. The third-order valence-electron chi connectivity index (χ3n) is 1.89. The standard InChI is InChI=1S/C10H22N2O2/c1-4-5-11-6-7-12-10(13)9(2)8-14-3/h9,11H,4-8H2,1-3H3,(H,12,13). The van der Waals surface area contributed by atoms with Crippen molar-refractivity contribution in [3.8, 4) is 0 Å². The van der Waals surface area contributed by atoms with E-state index in [1.807, 2.05) is 6.92 Å². The summed E-state index contributed by atoms with van der Waals surface area (Å²) in [5.41, 5.74) is 0. The Kier molecular flexibility index (Phi) is 8.57. The lowest BCUT2D eigenvalue weighted by molar-refractivity contribution is -0.125. The van der Waals surface area contributed by atoms with Gasteiger partial charge in [-0.1, -0.05) is 13.8 Å². The van der Waals surface area contributed by atoms with Gasteiger partial charge in [0.15, 0.2) is 0 Å². The first-order valence-electron chi connectivity index (χ1n) is 5.19. The van der Waals surface area contributed by atoms with Crippen LogP contribution in [0.2, 0.25) is 0 Å². The molecule has 0 radical (unpaired) electrons. The van der Waals surface area contributed by atoms with Crippen LogP contribution in [0, 0.1) is 5.92 Å². The van der Waals surface area contributed by atoms with Gasteiger partial charge < -0.3 is 15.4 Å². The van der Waals surface area contributed by atoms with Gasteiger partial charge in [0.25, 0.3) is 0 Å². The molecule has 0 fully saturated rings. The monoisotopic (exact) mass is 202 g/mol. The summed E-state index contributed by atoms with van der Waals surface area (Å²) >= 11 is 0. The molecule has 0 bridgehead atoms. The number of carbonyl (C=O) groups excluding carboxylic acids is 1. The van der Waals surface area contributed by atoms with Crippen molar-refractivity contribution in [3.05, 3.63) is 0 Å². The van der Waals surface area contributed by atoms with Crippen LogP contribution < -0.4 is 10.6 Å². The van der Waals surface area contributed by atoms with Gasteiger partial charge in [-0.3, -0.25) is 4.79 Å². The van der Waals surface area contributed by atoms with Gasteiger partial charge in [-0.25, -0.2) is 0 Å². The summed E-state index contributed by atoms with van der Waals surface area (Å²) in [6.07, 6.45) is 1.12. The fourth-order valence-corrected chi connectivity index (χ4v) is 1.08. The van der Waals surface area contributed by atoms with Crippen LogP contribution in [-0.4, -0.2) is 39.3 Å². The molecular weight excluding hydrogens is 180 g/mol. The Bertz CT molecular complexity index is 151. The first-order valence-corrected chi connectivity index (χ1v) is 5.19. The number of nitrogens with one attached hydrogen (secondary N) is 2. The van der Waals surface area contributed by atoms with Crippen LogP contribution in [0.5, 0.6) is 0 Å². The largest absolute Gasteiger partial charge is 0.384 e. The summed E-state index contributed by atoms with van der Waals surface area (Å²) in [6, 6.07) is 0. The fraction of sp³-hybridized carbons (Fsp3) is 0.900. The van der Waals surface area contributed by atoms with Crippen molar-refractivity contribution in [1.29, 1.82) is 0 Å². The minimum Gasteiger partial charge on any atom is -0.384 e. The van der Waals surface area contributed by atoms with Crippen molar-refractivity contribution in [2.45, 2.75) is 20.3 Å². The Hall–Kier alpha value is -0.610. The molecule has 1 amide bonds. The molecule has 0 saturated carbocycles. The van der Waals surface area contributed by atoms with Gasteiger partial charge in [-0.15, -0.1) is 0 Å². The lowest BCUT2D eigenvalue weighted by Gasteiger charge is -2.11. The minimum absolute atomic E-state index is 0.0603. The fourth-order valence-electron chi connectivity index (χ4n) is 1.08. The number of rotatable bonds is 8. The first kappa shape index (κ1) is 13.4. The van der Waals surface area contributed by atoms with Crippen LogP contribution in [0.1, 0.15) is 20.3 Å².